The number of likely N-dealkylation sites (tertiary alicyclic amines) is 1. The number of hydrogen-bond donors (Lipinski definition) is 1. The van der Waals surface area contributed by atoms with E-state index in [9.17, 15) is 9.90 Å². The van der Waals surface area contributed by atoms with Gasteiger partial charge in [-0.05, 0) is 48.1 Å². The molecule has 134 valence electrons. The number of nitrogens with zero attached hydrogens (tertiary/aromatic N) is 1. The number of fused-ring (bicyclic) bond motifs is 2. The molecule has 0 aromatic heterocycles. The Bertz CT molecular complexity index is 816. The first-order valence-corrected chi connectivity index (χ1v) is 10.1. The summed E-state index contributed by atoms with van der Waals surface area (Å²) in [7, 11) is 0. The lowest BCUT2D eigenvalue weighted by Crippen LogP contribution is -2.44. The van der Waals surface area contributed by atoms with Crippen LogP contribution >= 0.6 is 11.8 Å². The van der Waals surface area contributed by atoms with Crippen molar-refractivity contribution in [2.45, 2.75) is 42.0 Å². The predicted octanol–water partition coefficient (Wildman–Crippen LogP) is 4.91. The van der Waals surface area contributed by atoms with Crippen LogP contribution < -0.4 is 0 Å². The Morgan fingerprint density at radius 2 is 1.58 bits per heavy atom. The van der Waals surface area contributed by atoms with Crippen molar-refractivity contribution in [1.82, 2.24) is 4.90 Å². The van der Waals surface area contributed by atoms with Crippen LogP contribution in [0.2, 0.25) is 0 Å². The smallest absolute Gasteiger partial charge is 0.320 e. The van der Waals surface area contributed by atoms with Crippen LogP contribution in [0.4, 0.5) is 0 Å². The van der Waals surface area contributed by atoms with E-state index in [1.54, 1.807) is 0 Å². The number of carboxylic acids is 1. The maximum Gasteiger partial charge on any atom is 0.320 e. The summed E-state index contributed by atoms with van der Waals surface area (Å²) in [5.41, 5.74) is 5.48. The number of hydrogen-bond acceptors (Lipinski definition) is 3. The number of piperidine rings is 1. The van der Waals surface area contributed by atoms with Crippen molar-refractivity contribution in [2.75, 3.05) is 13.1 Å². The summed E-state index contributed by atoms with van der Waals surface area (Å²) in [5.74, 6) is -0.701. The molecule has 2 aliphatic heterocycles. The van der Waals surface area contributed by atoms with Crippen molar-refractivity contribution in [3.8, 4) is 0 Å². The molecule has 2 heterocycles. The van der Waals surface area contributed by atoms with Gasteiger partial charge in [0.1, 0.15) is 6.04 Å². The van der Waals surface area contributed by atoms with Gasteiger partial charge in [-0.1, -0.05) is 60.7 Å². The fourth-order valence-electron chi connectivity index (χ4n) is 4.11. The molecule has 1 saturated heterocycles. The third-order valence-electron chi connectivity index (χ3n) is 5.40. The minimum absolute atomic E-state index is 0.358. The van der Waals surface area contributed by atoms with Crippen molar-refractivity contribution < 1.29 is 9.90 Å². The van der Waals surface area contributed by atoms with Gasteiger partial charge >= 0.3 is 5.97 Å². The van der Waals surface area contributed by atoms with Crippen molar-refractivity contribution >= 4 is 23.3 Å². The zero-order valence-corrected chi connectivity index (χ0v) is 15.8. The molecule has 0 bridgehead atoms. The second kappa shape index (κ2) is 7.29. The molecule has 0 amide bonds. The van der Waals surface area contributed by atoms with Crippen LogP contribution in [-0.4, -0.2) is 35.1 Å². The highest BCUT2D eigenvalue weighted by molar-refractivity contribution is 7.99. The lowest BCUT2D eigenvalue weighted by molar-refractivity contribution is -0.143. The molecule has 1 N–H and O–H groups in total. The van der Waals surface area contributed by atoms with Gasteiger partial charge in [0.05, 0.1) is 0 Å². The summed E-state index contributed by atoms with van der Waals surface area (Å²) < 4.78 is 0. The molecule has 2 aromatic carbocycles. The van der Waals surface area contributed by atoms with Gasteiger partial charge in [-0.15, -0.1) is 0 Å². The minimum Gasteiger partial charge on any atom is -0.480 e. The molecule has 0 radical (unpaired) electrons. The Morgan fingerprint density at radius 1 is 1.04 bits per heavy atom. The molecule has 0 aliphatic carbocycles. The average molecular weight is 365 g/mol. The van der Waals surface area contributed by atoms with Gasteiger partial charge in [-0.2, -0.15) is 0 Å². The Balaban J connectivity index is 1.71. The van der Waals surface area contributed by atoms with Gasteiger partial charge in [0.2, 0.25) is 0 Å². The van der Waals surface area contributed by atoms with Crippen molar-refractivity contribution in [3.63, 3.8) is 0 Å². The highest BCUT2D eigenvalue weighted by Gasteiger charge is 2.29. The predicted molar refractivity (Wildman–Crippen MR) is 106 cm³/mol. The molecule has 1 atom stereocenters. The fraction of sp³-hybridized carbons (Fsp3) is 0.318. The summed E-state index contributed by atoms with van der Waals surface area (Å²) >= 11 is 1.84. The SMILES string of the molecule is CCC(C(=O)O)N1CCC(=C2c3ccccc3Sc3ccccc32)CC1. The third kappa shape index (κ3) is 3.08. The number of carboxylic acid groups (broad SMARTS) is 1. The Hall–Kier alpha value is -2.04. The Kier molecular flexibility index (Phi) is 4.88. The molecule has 0 spiro atoms. The molecule has 4 heteroatoms. The molecular formula is C22H23NO2S. The molecule has 2 aliphatic rings. The van der Waals surface area contributed by atoms with Gasteiger partial charge in [0, 0.05) is 22.9 Å². The van der Waals surface area contributed by atoms with Crippen molar-refractivity contribution in [1.29, 1.82) is 0 Å². The van der Waals surface area contributed by atoms with E-state index in [0.717, 1.165) is 25.9 Å². The summed E-state index contributed by atoms with van der Waals surface area (Å²) in [5, 5.41) is 9.44. The van der Waals surface area contributed by atoms with Gasteiger partial charge in [-0.25, -0.2) is 0 Å². The highest BCUT2D eigenvalue weighted by Crippen LogP contribution is 2.47. The third-order valence-corrected chi connectivity index (χ3v) is 6.55. The van der Waals surface area contributed by atoms with E-state index in [1.165, 1.54) is 32.1 Å². The van der Waals surface area contributed by atoms with E-state index in [1.807, 2.05) is 18.7 Å². The van der Waals surface area contributed by atoms with E-state index >= 15 is 0 Å². The summed E-state index contributed by atoms with van der Waals surface area (Å²) in [6, 6.07) is 16.9. The van der Waals surface area contributed by atoms with Crippen LogP contribution in [0.5, 0.6) is 0 Å². The maximum atomic E-state index is 11.5. The molecule has 26 heavy (non-hydrogen) atoms. The zero-order chi connectivity index (χ0) is 18.1. The summed E-state index contributed by atoms with van der Waals surface area (Å²) in [6.07, 6.45) is 2.53. The average Bonchev–Trinajstić information content (AvgIpc) is 2.67. The van der Waals surface area contributed by atoms with E-state index in [0.29, 0.717) is 6.42 Å². The lowest BCUT2D eigenvalue weighted by atomic mass is 9.87. The first-order chi connectivity index (χ1) is 12.7. The van der Waals surface area contributed by atoms with Crippen LogP contribution in [0.3, 0.4) is 0 Å². The molecule has 1 unspecified atom stereocenters. The van der Waals surface area contributed by atoms with Gasteiger partial charge in [0.15, 0.2) is 0 Å². The quantitative estimate of drug-likeness (QED) is 0.716. The zero-order valence-electron chi connectivity index (χ0n) is 14.9. The van der Waals surface area contributed by atoms with E-state index in [4.69, 9.17) is 0 Å². The van der Waals surface area contributed by atoms with Crippen LogP contribution in [0.25, 0.3) is 5.57 Å². The first kappa shape index (κ1) is 17.4. The normalized spacial score (nSPS) is 18.2. The van der Waals surface area contributed by atoms with Gasteiger partial charge in [-0.3, -0.25) is 9.69 Å². The minimum atomic E-state index is -0.701. The standard InChI is InChI=1S/C22H23NO2S/c1-2-18(22(24)25)23-13-11-15(12-14-23)21-16-7-3-5-9-19(16)26-20-10-6-4-8-17(20)21/h3-10,18H,2,11-14H2,1H3,(H,24,25). The number of rotatable bonds is 3. The van der Waals surface area contributed by atoms with Gasteiger partial charge < -0.3 is 5.11 Å². The second-order valence-corrected chi connectivity index (χ2v) is 7.95. The van der Waals surface area contributed by atoms with E-state index < -0.39 is 5.97 Å². The first-order valence-electron chi connectivity index (χ1n) is 9.24. The van der Waals surface area contributed by atoms with Crippen molar-refractivity contribution in [3.05, 3.63) is 65.2 Å². The molecule has 4 rings (SSSR count). The maximum absolute atomic E-state index is 11.5. The Labute approximate surface area is 158 Å². The summed E-state index contributed by atoms with van der Waals surface area (Å²) in [4.78, 5) is 16.2. The fourth-order valence-corrected chi connectivity index (χ4v) is 5.20. The van der Waals surface area contributed by atoms with Gasteiger partial charge in [0.25, 0.3) is 0 Å². The lowest BCUT2D eigenvalue weighted by Gasteiger charge is -2.34. The molecular weight excluding hydrogens is 342 g/mol. The highest BCUT2D eigenvalue weighted by atomic mass is 32.2. The monoisotopic (exact) mass is 365 g/mol. The largest absolute Gasteiger partial charge is 0.480 e. The van der Waals surface area contributed by atoms with Crippen LogP contribution in [0.1, 0.15) is 37.3 Å². The van der Waals surface area contributed by atoms with Crippen LogP contribution in [-0.2, 0) is 4.79 Å². The van der Waals surface area contributed by atoms with E-state index in [-0.39, 0.29) is 6.04 Å². The summed E-state index contributed by atoms with van der Waals surface area (Å²) in [6.45, 7) is 3.60. The molecule has 2 aromatic rings. The topological polar surface area (TPSA) is 40.5 Å². The molecule has 3 nitrogen and oxygen atoms in total. The van der Waals surface area contributed by atoms with Crippen molar-refractivity contribution in [2.24, 2.45) is 0 Å². The molecule has 0 saturated carbocycles. The molecule has 1 fully saturated rings. The van der Waals surface area contributed by atoms with E-state index in [2.05, 4.69) is 53.4 Å². The number of carbonyl (C=O) groups is 1. The second-order valence-electron chi connectivity index (χ2n) is 6.87. The Morgan fingerprint density at radius 3 is 2.08 bits per heavy atom. The van der Waals surface area contributed by atoms with Crippen LogP contribution in [0.15, 0.2) is 63.9 Å². The number of benzene rings is 2. The van der Waals surface area contributed by atoms with Crippen LogP contribution in [0, 0.1) is 0 Å². The number of aliphatic carboxylic acids is 1.